The normalized spacial score (nSPS) is 32.1. The molecule has 3 heterocycles. The molecule has 3 aliphatic heterocycles. The highest BCUT2D eigenvalue weighted by atomic mass is 32.2. The Morgan fingerprint density at radius 2 is 1.32 bits per heavy atom. The summed E-state index contributed by atoms with van der Waals surface area (Å²) < 4.78 is 4.85. The molecular weight excluding hydrogens is 280 g/mol. The molecule has 96 valence electrons. The van der Waals surface area contributed by atoms with Gasteiger partial charge >= 0.3 is 11.9 Å². The summed E-state index contributed by atoms with van der Waals surface area (Å²) in [5.41, 5.74) is 5.18. The summed E-state index contributed by atoms with van der Waals surface area (Å²) in [7, 11) is 0. The number of thioether (sulfide) groups is 2. The van der Waals surface area contributed by atoms with Crippen molar-refractivity contribution in [3.8, 4) is 0 Å². The predicted molar refractivity (Wildman–Crippen MR) is 75.4 cm³/mol. The average Bonchev–Trinajstić information content (AvgIpc) is 2.99. The highest BCUT2D eigenvalue weighted by Crippen LogP contribution is 2.55. The Kier molecular flexibility index (Phi) is 2.24. The fraction of sp³-hybridized carbons (Fsp3) is 0.286. The monoisotopic (exact) mass is 290 g/mol. The van der Waals surface area contributed by atoms with Gasteiger partial charge in [-0.2, -0.15) is 0 Å². The standard InChI is InChI=1S/C14H10O3S2/c1-5-3-18-11-7(5)9-10(14(16)17-13(9)15)8-6(2)4-19-12(8)11/h3-4,11-12H,1-2H3. The second-order valence-corrected chi connectivity index (χ2v) is 7.00. The van der Waals surface area contributed by atoms with Gasteiger partial charge in [-0.25, -0.2) is 9.59 Å². The summed E-state index contributed by atoms with van der Waals surface area (Å²) in [6.07, 6.45) is 0. The smallest absolute Gasteiger partial charge is 0.347 e. The first kappa shape index (κ1) is 11.6. The van der Waals surface area contributed by atoms with Crippen LogP contribution in [0, 0.1) is 0 Å². The molecule has 0 aromatic carbocycles. The molecule has 19 heavy (non-hydrogen) atoms. The average molecular weight is 290 g/mol. The SMILES string of the molecule is CC1=CSC2C1=C1C(=O)OC(=O)C1=C1C(C)=CSC12. The first-order valence-electron chi connectivity index (χ1n) is 6.00. The number of cyclic esters (lactones) is 2. The maximum Gasteiger partial charge on any atom is 0.347 e. The lowest BCUT2D eigenvalue weighted by atomic mass is 9.81. The van der Waals surface area contributed by atoms with Gasteiger partial charge in [0.25, 0.3) is 0 Å². The van der Waals surface area contributed by atoms with Crippen LogP contribution in [0.5, 0.6) is 0 Å². The Labute approximate surface area is 118 Å². The summed E-state index contributed by atoms with van der Waals surface area (Å²) in [6.45, 7) is 3.99. The van der Waals surface area contributed by atoms with E-state index in [-0.39, 0.29) is 10.5 Å². The number of rotatable bonds is 0. The van der Waals surface area contributed by atoms with Crippen LogP contribution < -0.4 is 0 Å². The van der Waals surface area contributed by atoms with Crippen molar-refractivity contribution in [3.63, 3.8) is 0 Å². The van der Waals surface area contributed by atoms with Gasteiger partial charge < -0.3 is 4.74 Å². The number of hydrogen-bond acceptors (Lipinski definition) is 5. The van der Waals surface area contributed by atoms with E-state index in [2.05, 4.69) is 10.8 Å². The first-order chi connectivity index (χ1) is 9.09. The maximum atomic E-state index is 12.0. The zero-order chi connectivity index (χ0) is 13.3. The number of allylic oxidation sites excluding steroid dienone is 2. The van der Waals surface area contributed by atoms with Gasteiger partial charge in [0.05, 0.1) is 21.6 Å². The highest BCUT2D eigenvalue weighted by Gasteiger charge is 2.50. The zero-order valence-corrected chi connectivity index (χ0v) is 12.0. The molecule has 0 bridgehead atoms. The van der Waals surface area contributed by atoms with E-state index >= 15 is 0 Å². The fourth-order valence-electron chi connectivity index (χ4n) is 3.07. The van der Waals surface area contributed by atoms with Crippen molar-refractivity contribution in [1.82, 2.24) is 0 Å². The second kappa shape index (κ2) is 3.67. The van der Waals surface area contributed by atoms with Crippen LogP contribution in [0.3, 0.4) is 0 Å². The van der Waals surface area contributed by atoms with Crippen LogP contribution in [-0.2, 0) is 14.3 Å². The van der Waals surface area contributed by atoms with Crippen LogP contribution in [0.1, 0.15) is 13.8 Å². The third-order valence-corrected chi connectivity index (χ3v) is 6.61. The molecule has 0 aromatic rings. The predicted octanol–water partition coefficient (Wildman–Crippen LogP) is 2.72. The molecule has 0 saturated carbocycles. The van der Waals surface area contributed by atoms with Gasteiger partial charge in [0, 0.05) is 0 Å². The van der Waals surface area contributed by atoms with Crippen molar-refractivity contribution < 1.29 is 14.3 Å². The topological polar surface area (TPSA) is 43.4 Å². The molecule has 0 aromatic heterocycles. The molecule has 5 heteroatoms. The molecule has 4 aliphatic rings. The van der Waals surface area contributed by atoms with E-state index in [4.69, 9.17) is 4.74 Å². The van der Waals surface area contributed by atoms with Crippen LogP contribution in [0.2, 0.25) is 0 Å². The maximum absolute atomic E-state index is 12.0. The van der Waals surface area contributed by atoms with Gasteiger partial charge in [-0.3, -0.25) is 0 Å². The van der Waals surface area contributed by atoms with Gasteiger partial charge in [-0.15, -0.1) is 23.5 Å². The van der Waals surface area contributed by atoms with Gasteiger partial charge in [0.15, 0.2) is 0 Å². The van der Waals surface area contributed by atoms with Crippen LogP contribution in [0.4, 0.5) is 0 Å². The molecule has 0 N–H and O–H groups in total. The summed E-state index contributed by atoms with van der Waals surface area (Å²) in [5, 5.41) is 4.62. The van der Waals surface area contributed by atoms with Crippen molar-refractivity contribution in [2.24, 2.45) is 0 Å². The van der Waals surface area contributed by atoms with Crippen molar-refractivity contribution in [2.75, 3.05) is 0 Å². The van der Waals surface area contributed by atoms with Crippen LogP contribution in [-0.4, -0.2) is 22.4 Å². The minimum absolute atomic E-state index is 0.228. The first-order valence-corrected chi connectivity index (χ1v) is 7.88. The largest absolute Gasteiger partial charge is 0.386 e. The lowest BCUT2D eigenvalue weighted by molar-refractivity contribution is -0.149. The molecule has 4 rings (SSSR count). The molecule has 2 unspecified atom stereocenters. The van der Waals surface area contributed by atoms with Crippen LogP contribution in [0.15, 0.2) is 44.3 Å². The van der Waals surface area contributed by atoms with Crippen molar-refractivity contribution in [2.45, 2.75) is 24.3 Å². The van der Waals surface area contributed by atoms with Crippen molar-refractivity contribution in [1.29, 1.82) is 0 Å². The van der Waals surface area contributed by atoms with Gasteiger partial charge in [0.2, 0.25) is 0 Å². The summed E-state index contributed by atoms with van der Waals surface area (Å²) in [6, 6.07) is 0. The van der Waals surface area contributed by atoms with E-state index in [9.17, 15) is 9.59 Å². The molecule has 0 radical (unpaired) electrons. The lowest BCUT2D eigenvalue weighted by Gasteiger charge is -2.28. The molecule has 1 saturated heterocycles. The van der Waals surface area contributed by atoms with Gasteiger partial charge in [-0.05, 0) is 47.0 Å². The van der Waals surface area contributed by atoms with Crippen molar-refractivity contribution in [3.05, 3.63) is 44.3 Å². The third kappa shape index (κ3) is 1.32. The third-order valence-electron chi connectivity index (χ3n) is 3.86. The Balaban J connectivity index is 2.07. The number of carbonyl (C=O) groups is 2. The quantitative estimate of drug-likeness (QED) is 0.507. The number of fused-ring (bicyclic) bond motifs is 4. The highest BCUT2D eigenvalue weighted by molar-refractivity contribution is 8.07. The Morgan fingerprint density at radius 1 is 0.895 bits per heavy atom. The second-order valence-electron chi connectivity index (χ2n) is 4.97. The number of esters is 2. The fourth-order valence-corrected chi connectivity index (χ4v) is 5.84. The van der Waals surface area contributed by atoms with Gasteiger partial charge in [0.1, 0.15) is 0 Å². The van der Waals surface area contributed by atoms with Gasteiger partial charge in [-0.1, -0.05) is 0 Å². The Hall–Kier alpha value is -1.20. The van der Waals surface area contributed by atoms with E-state index in [1.54, 1.807) is 23.5 Å². The van der Waals surface area contributed by atoms with Crippen molar-refractivity contribution >= 4 is 35.5 Å². The summed E-state index contributed by atoms with van der Waals surface area (Å²) >= 11 is 3.48. The Bertz CT molecular complexity index is 621. The molecule has 1 aliphatic carbocycles. The molecular formula is C14H10O3S2. The molecule has 3 nitrogen and oxygen atoms in total. The molecule has 1 fully saturated rings. The zero-order valence-electron chi connectivity index (χ0n) is 10.4. The van der Waals surface area contributed by atoms with E-state index < -0.39 is 11.9 Å². The van der Waals surface area contributed by atoms with Crippen LogP contribution >= 0.6 is 23.5 Å². The summed E-state index contributed by atoms with van der Waals surface area (Å²) in [5.74, 6) is -0.961. The lowest BCUT2D eigenvalue weighted by Crippen LogP contribution is -2.28. The van der Waals surface area contributed by atoms with Crippen LogP contribution in [0.25, 0.3) is 0 Å². The van der Waals surface area contributed by atoms with E-state index in [0.29, 0.717) is 11.1 Å². The number of ether oxygens (including phenoxy) is 1. The molecule has 0 spiro atoms. The number of hydrogen-bond donors (Lipinski definition) is 0. The van der Waals surface area contributed by atoms with E-state index in [0.717, 1.165) is 22.3 Å². The Morgan fingerprint density at radius 3 is 1.74 bits per heavy atom. The minimum atomic E-state index is -0.481. The minimum Gasteiger partial charge on any atom is -0.386 e. The van der Waals surface area contributed by atoms with E-state index in [1.807, 2.05) is 13.8 Å². The molecule has 0 amide bonds. The van der Waals surface area contributed by atoms with E-state index in [1.165, 1.54) is 0 Å². The summed E-state index contributed by atoms with van der Waals surface area (Å²) in [4.78, 5) is 24.0. The number of carbonyl (C=O) groups excluding carboxylic acids is 2. The molecule has 2 atom stereocenters.